The van der Waals surface area contributed by atoms with E-state index in [1.165, 1.54) is 16.7 Å². The molecule has 23 heavy (non-hydrogen) atoms. The third kappa shape index (κ3) is 2.64. The van der Waals surface area contributed by atoms with E-state index in [0.29, 0.717) is 5.69 Å². The van der Waals surface area contributed by atoms with E-state index in [1.54, 1.807) is 23.5 Å². The van der Waals surface area contributed by atoms with E-state index in [0.717, 1.165) is 14.6 Å². The molecule has 2 heterocycles. The standard InChI is InChI=1S/C17H12N2O2S2/c20-15-10-14(16(21)19(15)11-6-2-1-3-7-11)23-17-18-12-8-4-5-9-13(12)22-17/h1-9,14H,10H2. The van der Waals surface area contributed by atoms with Crippen molar-refractivity contribution in [3.05, 3.63) is 54.6 Å². The lowest BCUT2D eigenvalue weighted by molar-refractivity contribution is -0.121. The summed E-state index contributed by atoms with van der Waals surface area (Å²) in [5, 5.41) is -0.400. The predicted octanol–water partition coefficient (Wildman–Crippen LogP) is 3.72. The van der Waals surface area contributed by atoms with Crippen molar-refractivity contribution in [1.29, 1.82) is 0 Å². The molecule has 1 unspecified atom stereocenters. The van der Waals surface area contributed by atoms with Crippen LogP contribution in [0.5, 0.6) is 0 Å². The molecule has 0 saturated carbocycles. The summed E-state index contributed by atoms with van der Waals surface area (Å²) < 4.78 is 1.92. The molecular weight excluding hydrogens is 328 g/mol. The number of carbonyl (C=O) groups is 2. The Morgan fingerprint density at radius 1 is 1.04 bits per heavy atom. The highest BCUT2D eigenvalue weighted by Crippen LogP contribution is 2.37. The number of para-hydroxylation sites is 2. The van der Waals surface area contributed by atoms with Crippen LogP contribution in [0, 0.1) is 0 Å². The SMILES string of the molecule is O=C1CC(Sc2nc3ccccc3s2)C(=O)N1c1ccccc1. The van der Waals surface area contributed by atoms with E-state index in [1.807, 2.05) is 42.5 Å². The molecule has 0 aliphatic carbocycles. The highest BCUT2D eigenvalue weighted by Gasteiger charge is 2.40. The van der Waals surface area contributed by atoms with Crippen molar-refractivity contribution in [1.82, 2.24) is 4.98 Å². The van der Waals surface area contributed by atoms with Crippen molar-refractivity contribution < 1.29 is 9.59 Å². The van der Waals surface area contributed by atoms with Crippen molar-refractivity contribution in [3.63, 3.8) is 0 Å². The van der Waals surface area contributed by atoms with Crippen LogP contribution in [0.25, 0.3) is 10.2 Å². The molecule has 1 aliphatic heterocycles. The van der Waals surface area contributed by atoms with E-state index in [-0.39, 0.29) is 18.2 Å². The molecule has 2 aromatic carbocycles. The number of benzene rings is 2. The van der Waals surface area contributed by atoms with Gasteiger partial charge >= 0.3 is 0 Å². The second-order valence-electron chi connectivity index (χ2n) is 5.16. The van der Waals surface area contributed by atoms with Crippen molar-refractivity contribution in [2.45, 2.75) is 16.0 Å². The number of aromatic nitrogens is 1. The summed E-state index contributed by atoms with van der Waals surface area (Å²) >= 11 is 2.94. The first-order valence-electron chi connectivity index (χ1n) is 7.16. The Balaban J connectivity index is 1.58. The molecule has 0 radical (unpaired) electrons. The van der Waals surface area contributed by atoms with E-state index in [2.05, 4.69) is 4.98 Å². The van der Waals surface area contributed by atoms with Crippen LogP contribution < -0.4 is 4.90 Å². The van der Waals surface area contributed by atoms with Crippen LogP contribution in [0.1, 0.15) is 6.42 Å². The van der Waals surface area contributed by atoms with Gasteiger partial charge in [0.15, 0.2) is 4.34 Å². The summed E-state index contributed by atoms with van der Waals surface area (Å²) in [5.74, 6) is -0.315. The average Bonchev–Trinajstić information content (AvgIpc) is 3.09. The van der Waals surface area contributed by atoms with E-state index < -0.39 is 5.25 Å². The Bertz CT molecular complexity index is 859. The predicted molar refractivity (Wildman–Crippen MR) is 92.8 cm³/mol. The minimum Gasteiger partial charge on any atom is -0.274 e. The number of carbonyl (C=O) groups excluding carboxylic acids is 2. The van der Waals surface area contributed by atoms with Crippen molar-refractivity contribution in [2.24, 2.45) is 0 Å². The van der Waals surface area contributed by atoms with Gasteiger partial charge in [-0.3, -0.25) is 9.59 Å². The number of thioether (sulfide) groups is 1. The fourth-order valence-electron chi connectivity index (χ4n) is 2.57. The van der Waals surface area contributed by atoms with Crippen molar-refractivity contribution in [2.75, 3.05) is 4.90 Å². The Morgan fingerprint density at radius 3 is 2.57 bits per heavy atom. The minimum atomic E-state index is -0.400. The lowest BCUT2D eigenvalue weighted by Gasteiger charge is -2.14. The lowest BCUT2D eigenvalue weighted by atomic mass is 10.3. The summed E-state index contributed by atoms with van der Waals surface area (Å²) in [6.07, 6.45) is 0.217. The summed E-state index contributed by atoms with van der Waals surface area (Å²) in [4.78, 5) is 30.6. The highest BCUT2D eigenvalue weighted by atomic mass is 32.2. The number of fused-ring (bicyclic) bond motifs is 1. The summed E-state index contributed by atoms with van der Waals surface area (Å²) in [6, 6.07) is 16.9. The summed E-state index contributed by atoms with van der Waals surface area (Å²) in [6.45, 7) is 0. The summed E-state index contributed by atoms with van der Waals surface area (Å²) in [7, 11) is 0. The van der Waals surface area contributed by atoms with Gasteiger partial charge in [0.2, 0.25) is 11.8 Å². The van der Waals surface area contributed by atoms with Gasteiger partial charge in [-0.2, -0.15) is 0 Å². The van der Waals surface area contributed by atoms with Crippen LogP contribution in [0.2, 0.25) is 0 Å². The average molecular weight is 340 g/mol. The van der Waals surface area contributed by atoms with Gasteiger partial charge in [0.25, 0.3) is 0 Å². The van der Waals surface area contributed by atoms with Crippen LogP contribution in [-0.4, -0.2) is 22.0 Å². The van der Waals surface area contributed by atoms with Crippen LogP contribution in [-0.2, 0) is 9.59 Å². The Labute approximate surface area is 141 Å². The van der Waals surface area contributed by atoms with Crippen LogP contribution in [0.4, 0.5) is 5.69 Å². The van der Waals surface area contributed by atoms with Gasteiger partial charge in [-0.1, -0.05) is 42.1 Å². The molecule has 0 N–H and O–H groups in total. The van der Waals surface area contributed by atoms with Gasteiger partial charge in [0.1, 0.15) is 5.25 Å². The number of hydrogen-bond donors (Lipinski definition) is 0. The maximum Gasteiger partial charge on any atom is 0.247 e. The number of nitrogens with zero attached hydrogens (tertiary/aromatic N) is 2. The highest BCUT2D eigenvalue weighted by molar-refractivity contribution is 8.02. The van der Waals surface area contributed by atoms with Crippen molar-refractivity contribution in [3.8, 4) is 0 Å². The molecule has 3 aromatic rings. The van der Waals surface area contributed by atoms with E-state index in [4.69, 9.17) is 0 Å². The van der Waals surface area contributed by atoms with Gasteiger partial charge in [-0.15, -0.1) is 11.3 Å². The Kier molecular flexibility index (Phi) is 3.63. The van der Waals surface area contributed by atoms with Gasteiger partial charge < -0.3 is 0 Å². The largest absolute Gasteiger partial charge is 0.274 e. The van der Waals surface area contributed by atoms with E-state index in [9.17, 15) is 9.59 Å². The molecule has 1 aliphatic rings. The smallest absolute Gasteiger partial charge is 0.247 e. The third-order valence-corrected chi connectivity index (χ3v) is 5.95. The zero-order valence-electron chi connectivity index (χ0n) is 12.0. The van der Waals surface area contributed by atoms with E-state index >= 15 is 0 Å². The zero-order valence-corrected chi connectivity index (χ0v) is 13.6. The molecular formula is C17H12N2O2S2. The number of rotatable bonds is 3. The minimum absolute atomic E-state index is 0.153. The first-order chi connectivity index (χ1) is 11.2. The van der Waals surface area contributed by atoms with Gasteiger partial charge in [-0.25, -0.2) is 9.88 Å². The molecule has 4 rings (SSSR count). The monoisotopic (exact) mass is 340 g/mol. The molecule has 1 fully saturated rings. The molecule has 6 heteroatoms. The first-order valence-corrected chi connectivity index (χ1v) is 8.86. The number of amides is 2. The number of anilines is 1. The fraction of sp³-hybridized carbons (Fsp3) is 0.118. The summed E-state index contributed by atoms with van der Waals surface area (Å²) in [5.41, 5.74) is 1.56. The van der Waals surface area contributed by atoms with Crippen LogP contribution >= 0.6 is 23.1 Å². The van der Waals surface area contributed by atoms with Gasteiger partial charge in [0.05, 0.1) is 15.9 Å². The molecule has 4 nitrogen and oxygen atoms in total. The number of imide groups is 1. The van der Waals surface area contributed by atoms with Crippen molar-refractivity contribution >= 4 is 50.8 Å². The molecule has 1 aromatic heterocycles. The molecule has 2 amide bonds. The topological polar surface area (TPSA) is 50.3 Å². The lowest BCUT2D eigenvalue weighted by Crippen LogP contribution is -2.30. The van der Waals surface area contributed by atoms with Gasteiger partial charge in [0, 0.05) is 6.42 Å². The quantitative estimate of drug-likeness (QED) is 0.682. The maximum atomic E-state index is 12.6. The Hall–Kier alpha value is -2.18. The third-order valence-electron chi connectivity index (χ3n) is 3.64. The molecule has 1 atom stereocenters. The zero-order chi connectivity index (χ0) is 15.8. The number of thiazole rings is 1. The maximum absolute atomic E-state index is 12.6. The molecule has 114 valence electrons. The molecule has 0 bridgehead atoms. The van der Waals surface area contributed by atoms with Gasteiger partial charge in [-0.05, 0) is 24.3 Å². The van der Waals surface area contributed by atoms with Crippen LogP contribution in [0.15, 0.2) is 58.9 Å². The molecule has 1 saturated heterocycles. The first kappa shape index (κ1) is 14.4. The van der Waals surface area contributed by atoms with Crippen LogP contribution in [0.3, 0.4) is 0 Å². The molecule has 0 spiro atoms. The Morgan fingerprint density at radius 2 is 1.78 bits per heavy atom. The second-order valence-corrected chi connectivity index (χ2v) is 7.64. The number of hydrogen-bond acceptors (Lipinski definition) is 5. The fourth-order valence-corrected chi connectivity index (χ4v) is 4.90. The normalized spacial score (nSPS) is 18.1. The second kappa shape index (κ2) is 5.79.